The Bertz CT molecular complexity index is 1060. The third kappa shape index (κ3) is 5.86. The van der Waals surface area contributed by atoms with E-state index in [4.69, 9.17) is 4.74 Å². The van der Waals surface area contributed by atoms with Gasteiger partial charge in [0.1, 0.15) is 18.6 Å². The van der Waals surface area contributed by atoms with E-state index < -0.39 is 23.9 Å². The minimum Gasteiger partial charge on any atom is -0.492 e. The van der Waals surface area contributed by atoms with Gasteiger partial charge in [-0.1, -0.05) is 0 Å². The van der Waals surface area contributed by atoms with Crippen LogP contribution in [-0.2, 0) is 13.2 Å². The predicted molar refractivity (Wildman–Crippen MR) is 113 cm³/mol. The van der Waals surface area contributed by atoms with Gasteiger partial charge in [0, 0.05) is 36.6 Å². The number of benzene rings is 2. The minimum absolute atomic E-state index is 0.101. The molecule has 3 rings (SSSR count). The summed E-state index contributed by atoms with van der Waals surface area (Å²) in [6, 6.07) is 10.8. The van der Waals surface area contributed by atoms with Crippen LogP contribution in [0, 0.1) is 0 Å². The zero-order chi connectivity index (χ0) is 23.3. The maximum atomic E-state index is 12.7. The SMILES string of the molecule is CC(O)NCCOc1ccc(NC(=O)c2ccc(C(F)(F)F)cc2)cc1-c1ccnn1C. The van der Waals surface area contributed by atoms with E-state index in [1.165, 1.54) is 0 Å². The second-order valence-electron chi connectivity index (χ2n) is 7.06. The second kappa shape index (κ2) is 9.84. The largest absolute Gasteiger partial charge is 0.492 e. The van der Waals surface area contributed by atoms with Crippen LogP contribution < -0.4 is 15.4 Å². The summed E-state index contributed by atoms with van der Waals surface area (Å²) in [7, 11) is 1.77. The minimum atomic E-state index is -4.46. The molecule has 0 saturated heterocycles. The van der Waals surface area contributed by atoms with Crippen molar-refractivity contribution in [1.82, 2.24) is 15.1 Å². The second-order valence-corrected chi connectivity index (χ2v) is 7.06. The number of hydrogen-bond acceptors (Lipinski definition) is 5. The van der Waals surface area contributed by atoms with Gasteiger partial charge in [0.2, 0.25) is 0 Å². The molecule has 3 aromatic rings. The summed E-state index contributed by atoms with van der Waals surface area (Å²) in [4.78, 5) is 12.5. The molecule has 3 N–H and O–H groups in total. The van der Waals surface area contributed by atoms with Crippen molar-refractivity contribution in [2.45, 2.75) is 19.3 Å². The van der Waals surface area contributed by atoms with E-state index in [2.05, 4.69) is 15.7 Å². The lowest BCUT2D eigenvalue weighted by Gasteiger charge is -2.15. The molecule has 32 heavy (non-hydrogen) atoms. The van der Waals surface area contributed by atoms with Crippen LogP contribution in [0.5, 0.6) is 5.75 Å². The standard InChI is InChI=1S/C22H23F3N4O3/c1-14(30)26-11-12-32-20-8-7-17(13-18(20)19-9-10-27-29(19)2)28-21(31)15-3-5-16(6-4-15)22(23,24)25/h3-10,13-14,26,30H,11-12H2,1-2H3,(H,28,31). The van der Waals surface area contributed by atoms with Crippen LogP contribution in [0.1, 0.15) is 22.8 Å². The number of amides is 1. The van der Waals surface area contributed by atoms with Crippen LogP contribution in [0.15, 0.2) is 54.7 Å². The van der Waals surface area contributed by atoms with E-state index in [1.54, 1.807) is 49.1 Å². The average molecular weight is 448 g/mol. The van der Waals surface area contributed by atoms with Crippen LogP contribution in [0.3, 0.4) is 0 Å². The Morgan fingerprint density at radius 3 is 2.50 bits per heavy atom. The zero-order valence-electron chi connectivity index (χ0n) is 17.5. The Hall–Kier alpha value is -3.37. The molecule has 1 aromatic heterocycles. The molecule has 1 unspecified atom stereocenters. The van der Waals surface area contributed by atoms with Crippen molar-refractivity contribution in [3.63, 3.8) is 0 Å². The summed E-state index contributed by atoms with van der Waals surface area (Å²) in [6.07, 6.45) is -3.49. The normalized spacial score (nSPS) is 12.4. The Balaban J connectivity index is 1.79. The van der Waals surface area contributed by atoms with E-state index >= 15 is 0 Å². The van der Waals surface area contributed by atoms with Crippen molar-refractivity contribution >= 4 is 11.6 Å². The third-order valence-electron chi connectivity index (χ3n) is 4.61. The van der Waals surface area contributed by atoms with E-state index in [0.29, 0.717) is 30.2 Å². The molecule has 0 aliphatic rings. The number of carbonyl (C=O) groups is 1. The molecule has 2 aromatic carbocycles. The lowest BCUT2D eigenvalue weighted by atomic mass is 10.1. The molecule has 0 fully saturated rings. The quantitative estimate of drug-likeness (QED) is 0.362. The smallest absolute Gasteiger partial charge is 0.416 e. The molecule has 0 aliphatic carbocycles. The van der Waals surface area contributed by atoms with Crippen LogP contribution in [0.2, 0.25) is 0 Å². The first-order chi connectivity index (χ1) is 15.1. The highest BCUT2D eigenvalue weighted by molar-refractivity contribution is 6.04. The number of halogens is 3. The fourth-order valence-corrected chi connectivity index (χ4v) is 3.01. The summed E-state index contributed by atoms with van der Waals surface area (Å²) in [5, 5.41) is 19.0. The van der Waals surface area contributed by atoms with Gasteiger partial charge >= 0.3 is 6.18 Å². The first kappa shape index (κ1) is 23.3. The molecule has 7 nitrogen and oxygen atoms in total. The highest BCUT2D eigenvalue weighted by Gasteiger charge is 2.30. The number of aryl methyl sites for hydroxylation is 1. The number of rotatable bonds is 8. The molecule has 0 radical (unpaired) electrons. The van der Waals surface area contributed by atoms with E-state index in [0.717, 1.165) is 30.0 Å². The zero-order valence-corrected chi connectivity index (χ0v) is 17.5. The fourth-order valence-electron chi connectivity index (χ4n) is 3.01. The van der Waals surface area contributed by atoms with Gasteiger partial charge in [0.25, 0.3) is 5.91 Å². The Morgan fingerprint density at radius 2 is 1.91 bits per heavy atom. The number of hydrogen-bond donors (Lipinski definition) is 3. The number of ether oxygens (including phenoxy) is 1. The van der Waals surface area contributed by atoms with Crippen molar-refractivity contribution in [2.75, 3.05) is 18.5 Å². The molecule has 1 heterocycles. The molecule has 170 valence electrons. The monoisotopic (exact) mass is 448 g/mol. The van der Waals surface area contributed by atoms with Crippen LogP contribution in [0.25, 0.3) is 11.3 Å². The van der Waals surface area contributed by atoms with Crippen molar-refractivity contribution in [3.8, 4) is 17.0 Å². The molecule has 0 spiro atoms. The van der Waals surface area contributed by atoms with E-state index in [-0.39, 0.29) is 5.56 Å². The average Bonchev–Trinajstić information content (AvgIpc) is 3.17. The van der Waals surface area contributed by atoms with E-state index in [1.807, 2.05) is 0 Å². The number of nitrogens with zero attached hydrogens (tertiary/aromatic N) is 2. The van der Waals surface area contributed by atoms with Crippen LogP contribution >= 0.6 is 0 Å². The predicted octanol–water partition coefficient (Wildman–Crippen LogP) is 3.66. The molecular formula is C22H23F3N4O3. The topological polar surface area (TPSA) is 88.4 Å². The number of alkyl halides is 3. The van der Waals surface area contributed by atoms with Crippen molar-refractivity contribution in [1.29, 1.82) is 0 Å². The Kier molecular flexibility index (Phi) is 7.16. The molecule has 1 atom stereocenters. The van der Waals surface area contributed by atoms with Gasteiger partial charge in [-0.05, 0) is 55.5 Å². The van der Waals surface area contributed by atoms with Gasteiger partial charge in [0.15, 0.2) is 0 Å². The summed E-state index contributed by atoms with van der Waals surface area (Å²) >= 11 is 0. The highest BCUT2D eigenvalue weighted by atomic mass is 19.4. The molecule has 0 bridgehead atoms. The van der Waals surface area contributed by atoms with Crippen LogP contribution in [0.4, 0.5) is 18.9 Å². The third-order valence-corrected chi connectivity index (χ3v) is 4.61. The summed E-state index contributed by atoms with van der Waals surface area (Å²) in [5.41, 5.74) is 1.14. The molecule has 10 heteroatoms. The van der Waals surface area contributed by atoms with Gasteiger partial charge in [-0.3, -0.25) is 14.8 Å². The van der Waals surface area contributed by atoms with E-state index in [9.17, 15) is 23.1 Å². The molecule has 0 saturated carbocycles. The van der Waals surface area contributed by atoms with Gasteiger partial charge in [-0.15, -0.1) is 0 Å². The summed E-state index contributed by atoms with van der Waals surface area (Å²) in [6.45, 7) is 2.33. The first-order valence-corrected chi connectivity index (χ1v) is 9.80. The van der Waals surface area contributed by atoms with Crippen molar-refractivity contribution < 1.29 is 27.8 Å². The molecular weight excluding hydrogens is 425 g/mol. The number of nitrogens with one attached hydrogen (secondary N) is 2. The van der Waals surface area contributed by atoms with Gasteiger partial charge < -0.3 is 15.2 Å². The Labute approximate surface area is 182 Å². The molecule has 1 amide bonds. The van der Waals surface area contributed by atoms with Gasteiger partial charge in [-0.25, -0.2) is 0 Å². The lowest BCUT2D eigenvalue weighted by molar-refractivity contribution is -0.137. The highest BCUT2D eigenvalue weighted by Crippen LogP contribution is 2.33. The summed E-state index contributed by atoms with van der Waals surface area (Å²) < 4.78 is 45.7. The lowest BCUT2D eigenvalue weighted by Crippen LogP contribution is -2.29. The summed E-state index contributed by atoms with van der Waals surface area (Å²) in [5.74, 6) is 0.0120. The maximum absolute atomic E-state index is 12.7. The van der Waals surface area contributed by atoms with Gasteiger partial charge in [-0.2, -0.15) is 18.3 Å². The number of aromatic nitrogens is 2. The number of aliphatic hydroxyl groups excluding tert-OH is 1. The van der Waals surface area contributed by atoms with Crippen molar-refractivity contribution in [2.24, 2.45) is 7.05 Å². The maximum Gasteiger partial charge on any atom is 0.416 e. The van der Waals surface area contributed by atoms with Crippen molar-refractivity contribution in [3.05, 3.63) is 65.9 Å². The number of aliphatic hydroxyl groups is 1. The van der Waals surface area contributed by atoms with Crippen LogP contribution in [-0.4, -0.2) is 40.2 Å². The first-order valence-electron chi connectivity index (χ1n) is 9.80. The number of anilines is 1. The Morgan fingerprint density at radius 1 is 1.19 bits per heavy atom. The van der Waals surface area contributed by atoms with Gasteiger partial charge in [0.05, 0.1) is 11.3 Å². The molecule has 0 aliphatic heterocycles. The number of carbonyl (C=O) groups excluding carboxylic acids is 1. The fraction of sp³-hybridized carbons (Fsp3) is 0.273.